The van der Waals surface area contributed by atoms with Gasteiger partial charge < -0.3 is 0 Å². The third kappa shape index (κ3) is 1.36. The molecule has 1 aromatic rings. The van der Waals surface area contributed by atoms with Gasteiger partial charge in [0.1, 0.15) is 3.72 Å². The van der Waals surface area contributed by atoms with Crippen molar-refractivity contribution < 1.29 is 0 Å². The van der Waals surface area contributed by atoms with E-state index in [-0.39, 0.29) is 0 Å². The molecule has 0 bridgehead atoms. The van der Waals surface area contributed by atoms with Gasteiger partial charge in [-0.1, -0.05) is 22.0 Å². The van der Waals surface area contributed by atoms with E-state index in [9.17, 15) is 0 Å². The lowest BCUT2D eigenvalue weighted by molar-refractivity contribution is 1.11. The minimum absolute atomic E-state index is 0.848. The van der Waals surface area contributed by atoms with Crippen molar-refractivity contribution in [3.63, 3.8) is 0 Å². The average molecular weight is 322 g/mol. The van der Waals surface area contributed by atoms with Gasteiger partial charge in [0.15, 0.2) is 0 Å². The summed E-state index contributed by atoms with van der Waals surface area (Å²) >= 11 is 5.70. The zero-order valence-electron chi connectivity index (χ0n) is 5.64. The molecule has 0 radical (unpaired) electrons. The first-order valence-corrected chi connectivity index (χ1v) is 5.13. The van der Waals surface area contributed by atoms with Gasteiger partial charge in [-0.3, -0.25) is 4.99 Å². The van der Waals surface area contributed by atoms with Gasteiger partial charge in [-0.25, -0.2) is 0 Å². The quantitative estimate of drug-likeness (QED) is 0.651. The molecule has 2 rings (SSSR count). The fourth-order valence-electron chi connectivity index (χ4n) is 1.12. The topological polar surface area (TPSA) is 12.4 Å². The Labute approximate surface area is 87.2 Å². The second kappa shape index (κ2) is 2.86. The number of hydrogen-bond acceptors (Lipinski definition) is 1. The maximum atomic E-state index is 4.33. The molecule has 11 heavy (non-hydrogen) atoms. The highest BCUT2D eigenvalue weighted by molar-refractivity contribution is 14.1. The largest absolute Gasteiger partial charge is 0.273 e. The van der Waals surface area contributed by atoms with Gasteiger partial charge in [-0.15, -0.1) is 0 Å². The first-order valence-electron chi connectivity index (χ1n) is 3.26. The molecular weight excluding hydrogens is 317 g/mol. The molecule has 0 saturated heterocycles. The van der Waals surface area contributed by atoms with Gasteiger partial charge in [-0.2, -0.15) is 0 Å². The summed E-state index contributed by atoms with van der Waals surface area (Å²) < 4.78 is 2.25. The van der Waals surface area contributed by atoms with Crippen molar-refractivity contribution in [2.45, 2.75) is 6.54 Å². The van der Waals surface area contributed by atoms with E-state index in [0.717, 1.165) is 14.7 Å². The van der Waals surface area contributed by atoms with Gasteiger partial charge in [-0.05, 0) is 40.3 Å². The van der Waals surface area contributed by atoms with Crippen LogP contribution >= 0.6 is 38.5 Å². The summed E-state index contributed by atoms with van der Waals surface area (Å²) in [5, 5.41) is 0. The van der Waals surface area contributed by atoms with Gasteiger partial charge in [0.05, 0.1) is 6.54 Å². The van der Waals surface area contributed by atoms with E-state index in [2.05, 4.69) is 61.7 Å². The maximum absolute atomic E-state index is 4.33. The fraction of sp³-hybridized carbons (Fsp3) is 0.125. The molecule has 0 spiro atoms. The molecule has 0 N–H and O–H groups in total. The molecule has 0 atom stereocenters. The van der Waals surface area contributed by atoms with Crippen LogP contribution in [0.15, 0.2) is 27.7 Å². The summed E-state index contributed by atoms with van der Waals surface area (Å²) in [7, 11) is 0. The van der Waals surface area contributed by atoms with Crippen molar-refractivity contribution in [3.8, 4) is 0 Å². The third-order valence-corrected chi connectivity index (χ3v) is 3.10. The van der Waals surface area contributed by atoms with Gasteiger partial charge in [0.2, 0.25) is 0 Å². The second-order valence-corrected chi connectivity index (χ2v) is 4.35. The number of aliphatic imine (C=N–C) groups is 1. The van der Waals surface area contributed by atoms with Crippen molar-refractivity contribution in [2.24, 2.45) is 4.99 Å². The summed E-state index contributed by atoms with van der Waals surface area (Å²) in [4.78, 5) is 4.33. The molecule has 0 saturated carbocycles. The predicted molar refractivity (Wildman–Crippen MR) is 58.4 cm³/mol. The number of halogens is 2. The van der Waals surface area contributed by atoms with E-state index in [0.29, 0.717) is 0 Å². The Morgan fingerprint density at radius 3 is 3.09 bits per heavy atom. The summed E-state index contributed by atoms with van der Waals surface area (Å²) in [6.45, 7) is 0.848. The van der Waals surface area contributed by atoms with Crippen LogP contribution in [0.1, 0.15) is 11.1 Å². The number of nitrogens with zero attached hydrogens (tertiary/aromatic N) is 1. The van der Waals surface area contributed by atoms with Crippen molar-refractivity contribution >= 4 is 42.2 Å². The molecule has 0 fully saturated rings. The van der Waals surface area contributed by atoms with Crippen LogP contribution in [0, 0.1) is 0 Å². The number of fused-ring (bicyclic) bond motifs is 1. The lowest BCUT2D eigenvalue weighted by Crippen LogP contribution is -1.87. The van der Waals surface area contributed by atoms with E-state index in [4.69, 9.17) is 0 Å². The van der Waals surface area contributed by atoms with E-state index in [1.165, 1.54) is 11.1 Å². The first kappa shape index (κ1) is 7.73. The van der Waals surface area contributed by atoms with Gasteiger partial charge in [0.25, 0.3) is 0 Å². The molecule has 3 heteroatoms. The highest BCUT2D eigenvalue weighted by Crippen LogP contribution is 2.25. The zero-order valence-corrected chi connectivity index (χ0v) is 9.39. The molecule has 0 aromatic heterocycles. The van der Waals surface area contributed by atoms with Crippen LogP contribution in [-0.4, -0.2) is 3.72 Å². The average Bonchev–Trinajstić information content (AvgIpc) is 2.33. The van der Waals surface area contributed by atoms with Crippen LogP contribution in [0.5, 0.6) is 0 Å². The monoisotopic (exact) mass is 321 g/mol. The van der Waals surface area contributed by atoms with Crippen LogP contribution in [0.25, 0.3) is 0 Å². The molecular formula is C8H5BrIN. The summed E-state index contributed by atoms with van der Waals surface area (Å²) in [5.41, 5.74) is 2.61. The molecule has 0 aliphatic carbocycles. The molecule has 1 aromatic carbocycles. The Balaban J connectivity index is 2.60. The molecule has 1 nitrogen and oxygen atoms in total. The van der Waals surface area contributed by atoms with Crippen molar-refractivity contribution in [1.29, 1.82) is 0 Å². The van der Waals surface area contributed by atoms with E-state index in [1.807, 2.05) is 0 Å². The minimum Gasteiger partial charge on any atom is -0.273 e. The highest BCUT2D eigenvalue weighted by atomic mass is 127. The Bertz CT molecular complexity index is 333. The molecule has 1 heterocycles. The van der Waals surface area contributed by atoms with Crippen LogP contribution in [-0.2, 0) is 6.54 Å². The summed E-state index contributed by atoms with van der Waals surface area (Å²) in [6, 6.07) is 6.30. The SMILES string of the molecule is Brc1ccc2c(c1)C(I)=NC2. The van der Waals surface area contributed by atoms with Crippen LogP contribution in [0.4, 0.5) is 0 Å². The second-order valence-electron chi connectivity index (χ2n) is 2.41. The Morgan fingerprint density at radius 2 is 2.27 bits per heavy atom. The van der Waals surface area contributed by atoms with Gasteiger partial charge >= 0.3 is 0 Å². The van der Waals surface area contributed by atoms with Crippen LogP contribution in [0.3, 0.4) is 0 Å². The molecule has 0 amide bonds. The molecule has 1 aliphatic rings. The summed E-state index contributed by atoms with van der Waals surface area (Å²) in [6.07, 6.45) is 0. The van der Waals surface area contributed by atoms with Gasteiger partial charge in [0, 0.05) is 10.0 Å². The maximum Gasteiger partial charge on any atom is 0.103 e. The number of benzene rings is 1. The molecule has 1 aliphatic heterocycles. The van der Waals surface area contributed by atoms with Crippen molar-refractivity contribution in [1.82, 2.24) is 0 Å². The standard InChI is InChI=1S/C8H5BrIN/c9-6-2-1-5-4-11-8(10)7(5)3-6/h1-3H,4H2. The number of rotatable bonds is 0. The minimum atomic E-state index is 0.848. The van der Waals surface area contributed by atoms with Crippen molar-refractivity contribution in [2.75, 3.05) is 0 Å². The molecule has 56 valence electrons. The normalized spacial score (nSPS) is 14.5. The summed E-state index contributed by atoms with van der Waals surface area (Å²) in [5.74, 6) is 0. The smallest absolute Gasteiger partial charge is 0.103 e. The lowest BCUT2D eigenvalue weighted by Gasteiger charge is -1.97. The van der Waals surface area contributed by atoms with E-state index >= 15 is 0 Å². The highest BCUT2D eigenvalue weighted by Gasteiger charge is 2.12. The van der Waals surface area contributed by atoms with Crippen LogP contribution < -0.4 is 0 Å². The zero-order chi connectivity index (χ0) is 7.84. The van der Waals surface area contributed by atoms with Crippen LogP contribution in [0.2, 0.25) is 0 Å². The Morgan fingerprint density at radius 1 is 1.45 bits per heavy atom. The first-order chi connectivity index (χ1) is 5.27. The molecule has 0 unspecified atom stereocenters. The van der Waals surface area contributed by atoms with E-state index in [1.54, 1.807) is 0 Å². The third-order valence-electron chi connectivity index (χ3n) is 1.68. The lowest BCUT2D eigenvalue weighted by atomic mass is 10.1. The number of hydrogen-bond donors (Lipinski definition) is 0. The predicted octanol–water partition coefficient (Wildman–Crippen LogP) is 3.14. The fourth-order valence-corrected chi connectivity index (χ4v) is 2.15. The van der Waals surface area contributed by atoms with E-state index < -0.39 is 0 Å². The Kier molecular flexibility index (Phi) is 2.01. The Hall–Kier alpha value is 0.1000. The van der Waals surface area contributed by atoms with Crippen molar-refractivity contribution in [3.05, 3.63) is 33.8 Å².